The predicted molar refractivity (Wildman–Crippen MR) is 76.1 cm³/mol. The van der Waals surface area contributed by atoms with Crippen LogP contribution in [-0.4, -0.2) is 38.3 Å². The van der Waals surface area contributed by atoms with E-state index in [9.17, 15) is 10.1 Å². The number of methoxy groups -OCH3 is 1. The van der Waals surface area contributed by atoms with Gasteiger partial charge in [0, 0.05) is 56.8 Å². The van der Waals surface area contributed by atoms with E-state index in [1.807, 2.05) is 13.1 Å². The molecule has 1 saturated heterocycles. The number of rotatable bonds is 5. The molecule has 1 fully saturated rings. The van der Waals surface area contributed by atoms with Crippen molar-refractivity contribution in [3.8, 4) is 0 Å². The lowest BCUT2D eigenvalue weighted by molar-refractivity contribution is -0.384. The van der Waals surface area contributed by atoms with Crippen molar-refractivity contribution in [3.05, 3.63) is 33.9 Å². The zero-order valence-electron chi connectivity index (χ0n) is 11.9. The van der Waals surface area contributed by atoms with E-state index in [0.29, 0.717) is 12.6 Å². The molecule has 1 aromatic rings. The molecule has 1 aliphatic heterocycles. The quantitative estimate of drug-likeness (QED) is 0.612. The predicted octanol–water partition coefficient (Wildman–Crippen LogP) is 2.36. The molecule has 0 unspecified atom stereocenters. The van der Waals surface area contributed by atoms with Gasteiger partial charge in [0.05, 0.1) is 11.5 Å². The fraction of sp³-hybridized carbons (Fsp3) is 0.571. The number of anilines is 1. The second kappa shape index (κ2) is 6.67. The molecule has 6 nitrogen and oxygen atoms in total. The van der Waals surface area contributed by atoms with Crippen LogP contribution in [0.1, 0.15) is 18.4 Å². The third kappa shape index (κ3) is 3.26. The van der Waals surface area contributed by atoms with Crippen LogP contribution in [0.3, 0.4) is 0 Å². The standard InChI is InChI=1S/C14H20N2O4/c1-15(12-5-7-20-8-6-12)14-4-3-13(16(17)18)9-11(14)10-19-2/h3-4,9,12H,5-8,10H2,1-2H3. The third-order valence-electron chi connectivity index (χ3n) is 3.69. The summed E-state index contributed by atoms with van der Waals surface area (Å²) in [7, 11) is 3.62. The number of hydrogen-bond acceptors (Lipinski definition) is 5. The molecule has 6 heteroatoms. The van der Waals surface area contributed by atoms with Crippen molar-refractivity contribution in [3.63, 3.8) is 0 Å². The van der Waals surface area contributed by atoms with Gasteiger partial charge in [0.1, 0.15) is 0 Å². The van der Waals surface area contributed by atoms with Crippen molar-refractivity contribution in [2.45, 2.75) is 25.5 Å². The van der Waals surface area contributed by atoms with Gasteiger partial charge in [0.2, 0.25) is 0 Å². The molecule has 0 aliphatic carbocycles. The van der Waals surface area contributed by atoms with Gasteiger partial charge in [-0.15, -0.1) is 0 Å². The largest absolute Gasteiger partial charge is 0.381 e. The Labute approximate surface area is 118 Å². The number of ether oxygens (including phenoxy) is 2. The van der Waals surface area contributed by atoms with Gasteiger partial charge in [-0.05, 0) is 18.9 Å². The lowest BCUT2D eigenvalue weighted by Gasteiger charge is -2.34. The molecule has 0 saturated carbocycles. The van der Waals surface area contributed by atoms with E-state index in [1.165, 1.54) is 0 Å². The van der Waals surface area contributed by atoms with Crippen LogP contribution in [0.2, 0.25) is 0 Å². The van der Waals surface area contributed by atoms with E-state index in [-0.39, 0.29) is 10.6 Å². The van der Waals surface area contributed by atoms with Crippen LogP contribution in [0, 0.1) is 10.1 Å². The molecule has 110 valence electrons. The molecule has 20 heavy (non-hydrogen) atoms. The number of nitro groups is 1. The highest BCUT2D eigenvalue weighted by Crippen LogP contribution is 2.28. The summed E-state index contributed by atoms with van der Waals surface area (Å²) in [4.78, 5) is 12.7. The lowest BCUT2D eigenvalue weighted by atomic mass is 10.0. The minimum absolute atomic E-state index is 0.0983. The van der Waals surface area contributed by atoms with Crippen LogP contribution in [0.5, 0.6) is 0 Å². The number of non-ortho nitro benzene ring substituents is 1. The number of nitrogens with zero attached hydrogens (tertiary/aromatic N) is 2. The van der Waals surface area contributed by atoms with E-state index >= 15 is 0 Å². The van der Waals surface area contributed by atoms with Crippen molar-refractivity contribution >= 4 is 11.4 Å². The number of hydrogen-bond donors (Lipinski definition) is 0. The Bertz CT molecular complexity index is 472. The zero-order valence-corrected chi connectivity index (χ0v) is 11.9. The van der Waals surface area contributed by atoms with Crippen LogP contribution >= 0.6 is 0 Å². The van der Waals surface area contributed by atoms with Crippen LogP contribution in [0.15, 0.2) is 18.2 Å². The summed E-state index contributed by atoms with van der Waals surface area (Å²) in [5.74, 6) is 0. The van der Waals surface area contributed by atoms with Gasteiger partial charge >= 0.3 is 0 Å². The van der Waals surface area contributed by atoms with Crippen LogP contribution in [0.4, 0.5) is 11.4 Å². The van der Waals surface area contributed by atoms with Gasteiger partial charge in [-0.3, -0.25) is 10.1 Å². The minimum atomic E-state index is -0.378. The van der Waals surface area contributed by atoms with Crippen LogP contribution < -0.4 is 4.90 Å². The van der Waals surface area contributed by atoms with Gasteiger partial charge in [-0.1, -0.05) is 0 Å². The smallest absolute Gasteiger partial charge is 0.269 e. The Morgan fingerprint density at radius 2 is 2.15 bits per heavy atom. The summed E-state index contributed by atoms with van der Waals surface area (Å²) in [6, 6.07) is 5.35. The van der Waals surface area contributed by atoms with Crippen LogP contribution in [0.25, 0.3) is 0 Å². The number of benzene rings is 1. The molecular formula is C14H20N2O4. The maximum absolute atomic E-state index is 10.9. The van der Waals surface area contributed by atoms with E-state index in [4.69, 9.17) is 9.47 Å². The monoisotopic (exact) mass is 280 g/mol. The fourth-order valence-electron chi connectivity index (χ4n) is 2.57. The number of nitro benzene ring substituents is 1. The summed E-state index contributed by atoms with van der Waals surface area (Å²) >= 11 is 0. The Morgan fingerprint density at radius 3 is 2.75 bits per heavy atom. The Hall–Kier alpha value is -1.66. The SMILES string of the molecule is COCc1cc([N+](=O)[O-])ccc1N(C)C1CCOCC1. The average Bonchev–Trinajstić information content (AvgIpc) is 2.47. The molecule has 1 heterocycles. The third-order valence-corrected chi connectivity index (χ3v) is 3.69. The van der Waals surface area contributed by atoms with Gasteiger partial charge in [-0.2, -0.15) is 0 Å². The molecule has 0 radical (unpaired) electrons. The van der Waals surface area contributed by atoms with E-state index in [2.05, 4.69) is 4.90 Å². The molecule has 0 amide bonds. The Balaban J connectivity index is 2.26. The van der Waals surface area contributed by atoms with Gasteiger partial charge in [-0.25, -0.2) is 0 Å². The Kier molecular flexibility index (Phi) is 4.92. The first-order chi connectivity index (χ1) is 9.63. The fourth-order valence-corrected chi connectivity index (χ4v) is 2.57. The highest BCUT2D eigenvalue weighted by atomic mass is 16.6. The summed E-state index contributed by atoms with van der Waals surface area (Å²) in [5, 5.41) is 10.9. The molecule has 1 aliphatic rings. The van der Waals surface area contributed by atoms with Crippen molar-refractivity contribution in [1.29, 1.82) is 0 Å². The molecule has 0 spiro atoms. The second-order valence-electron chi connectivity index (χ2n) is 4.96. The molecule has 0 N–H and O–H groups in total. The first-order valence-electron chi connectivity index (χ1n) is 6.70. The second-order valence-corrected chi connectivity index (χ2v) is 4.96. The van der Waals surface area contributed by atoms with E-state index < -0.39 is 0 Å². The highest BCUT2D eigenvalue weighted by Gasteiger charge is 2.21. The van der Waals surface area contributed by atoms with Crippen LogP contribution in [-0.2, 0) is 16.1 Å². The normalized spacial score (nSPS) is 16.1. The molecule has 0 atom stereocenters. The highest BCUT2D eigenvalue weighted by molar-refractivity contribution is 5.58. The molecule has 1 aromatic carbocycles. The maximum atomic E-state index is 10.9. The molecule has 2 rings (SSSR count). The minimum Gasteiger partial charge on any atom is -0.381 e. The van der Waals surface area contributed by atoms with Crippen molar-refractivity contribution in [2.24, 2.45) is 0 Å². The van der Waals surface area contributed by atoms with Gasteiger partial charge in [0.15, 0.2) is 0 Å². The summed E-state index contributed by atoms with van der Waals surface area (Å²) < 4.78 is 10.5. The first kappa shape index (κ1) is 14.7. The summed E-state index contributed by atoms with van der Waals surface area (Å²) in [6.45, 7) is 1.90. The average molecular weight is 280 g/mol. The molecule has 0 bridgehead atoms. The maximum Gasteiger partial charge on any atom is 0.269 e. The Morgan fingerprint density at radius 1 is 1.45 bits per heavy atom. The van der Waals surface area contributed by atoms with E-state index in [0.717, 1.165) is 37.3 Å². The van der Waals surface area contributed by atoms with Gasteiger partial charge < -0.3 is 14.4 Å². The van der Waals surface area contributed by atoms with Gasteiger partial charge in [0.25, 0.3) is 5.69 Å². The molecule has 0 aromatic heterocycles. The lowest BCUT2D eigenvalue weighted by Crippen LogP contribution is -2.37. The van der Waals surface area contributed by atoms with E-state index in [1.54, 1.807) is 19.2 Å². The molecular weight excluding hydrogens is 260 g/mol. The topological polar surface area (TPSA) is 64.8 Å². The van der Waals surface area contributed by atoms with Crippen molar-refractivity contribution in [1.82, 2.24) is 0 Å². The van der Waals surface area contributed by atoms with Crippen molar-refractivity contribution in [2.75, 3.05) is 32.3 Å². The van der Waals surface area contributed by atoms with Crippen molar-refractivity contribution < 1.29 is 14.4 Å². The summed E-state index contributed by atoms with van der Waals surface area (Å²) in [5.41, 5.74) is 1.93. The first-order valence-corrected chi connectivity index (χ1v) is 6.70. The summed E-state index contributed by atoms with van der Waals surface area (Å²) in [6.07, 6.45) is 1.94. The zero-order chi connectivity index (χ0) is 14.5.